The minimum atomic E-state index is -0.621. The Morgan fingerprint density at radius 2 is 1.85 bits per heavy atom. The third kappa shape index (κ3) is 3.62. The number of furan rings is 1. The van der Waals surface area contributed by atoms with E-state index in [-0.39, 0.29) is 18.0 Å². The summed E-state index contributed by atoms with van der Waals surface area (Å²) in [4.78, 5) is 37.4. The highest BCUT2D eigenvalue weighted by molar-refractivity contribution is 6.14. The van der Waals surface area contributed by atoms with Crippen LogP contribution in [-0.2, 0) is 16.1 Å². The largest absolute Gasteiger partial charge is 0.463 e. The van der Waals surface area contributed by atoms with Gasteiger partial charge in [-0.15, -0.1) is 0 Å². The molecule has 0 bridgehead atoms. The number of benzene rings is 1. The number of ether oxygens (including phenoxy) is 1. The van der Waals surface area contributed by atoms with Gasteiger partial charge >= 0.3 is 12.0 Å². The molecule has 2 aromatic rings. The van der Waals surface area contributed by atoms with Crippen molar-refractivity contribution < 1.29 is 23.5 Å². The van der Waals surface area contributed by atoms with Crippen LogP contribution in [-0.4, -0.2) is 29.9 Å². The number of amides is 3. The van der Waals surface area contributed by atoms with E-state index in [1.165, 1.54) is 19.2 Å². The Balaban J connectivity index is 1.83. The summed E-state index contributed by atoms with van der Waals surface area (Å²) in [5, 5.41) is 2.60. The number of methoxy groups -OCH3 is 1. The predicted octanol–water partition coefficient (Wildman–Crippen LogP) is 3.08. The van der Waals surface area contributed by atoms with Crippen molar-refractivity contribution >= 4 is 24.0 Å². The molecular formula is C20H20N2O5. The van der Waals surface area contributed by atoms with Crippen LogP contribution in [0.1, 0.15) is 38.6 Å². The summed E-state index contributed by atoms with van der Waals surface area (Å²) in [5.74, 6) is -0.746. The zero-order valence-electron chi connectivity index (χ0n) is 15.6. The Morgan fingerprint density at radius 3 is 2.48 bits per heavy atom. The SMILES string of the molecule is COC(=O)c1ccc(CN2C(=O)N/C(=C\c3c(C)cc(C)cc3C)C2=O)o1. The van der Waals surface area contributed by atoms with Crippen molar-refractivity contribution in [2.24, 2.45) is 0 Å². The fourth-order valence-electron chi connectivity index (χ4n) is 3.11. The zero-order chi connectivity index (χ0) is 19.7. The lowest BCUT2D eigenvalue weighted by atomic mass is 9.99. The number of carbonyl (C=O) groups excluding carboxylic acids is 3. The molecule has 3 amide bonds. The van der Waals surface area contributed by atoms with E-state index in [4.69, 9.17) is 4.42 Å². The molecule has 0 atom stereocenters. The molecule has 140 valence electrons. The number of esters is 1. The molecule has 2 heterocycles. The van der Waals surface area contributed by atoms with Crippen molar-refractivity contribution in [1.29, 1.82) is 0 Å². The van der Waals surface area contributed by atoms with E-state index in [2.05, 4.69) is 10.1 Å². The molecule has 0 spiro atoms. The van der Waals surface area contributed by atoms with Crippen molar-refractivity contribution in [3.05, 3.63) is 63.7 Å². The molecule has 3 rings (SSSR count). The number of nitrogens with one attached hydrogen (secondary N) is 1. The normalized spacial score (nSPS) is 15.4. The molecule has 1 N–H and O–H groups in total. The van der Waals surface area contributed by atoms with Crippen molar-refractivity contribution in [1.82, 2.24) is 10.2 Å². The summed E-state index contributed by atoms with van der Waals surface area (Å²) in [6.07, 6.45) is 1.69. The second-order valence-electron chi connectivity index (χ2n) is 6.45. The molecule has 1 fully saturated rings. The molecule has 1 aromatic carbocycles. The van der Waals surface area contributed by atoms with Gasteiger partial charge in [-0.3, -0.25) is 9.69 Å². The fraction of sp³-hybridized carbons (Fsp3) is 0.250. The molecule has 0 radical (unpaired) electrons. The Hall–Kier alpha value is -3.35. The van der Waals surface area contributed by atoms with Gasteiger partial charge in [0.1, 0.15) is 11.5 Å². The van der Waals surface area contributed by atoms with Crippen LogP contribution < -0.4 is 5.32 Å². The van der Waals surface area contributed by atoms with Crippen molar-refractivity contribution in [2.75, 3.05) is 7.11 Å². The van der Waals surface area contributed by atoms with Crippen LogP contribution in [0.15, 0.2) is 34.4 Å². The molecule has 0 unspecified atom stereocenters. The van der Waals surface area contributed by atoms with Gasteiger partial charge in [0.05, 0.1) is 13.7 Å². The van der Waals surface area contributed by atoms with Crippen LogP contribution in [0.4, 0.5) is 4.79 Å². The number of carbonyl (C=O) groups is 3. The van der Waals surface area contributed by atoms with E-state index in [0.717, 1.165) is 27.2 Å². The second kappa shape index (κ2) is 7.11. The van der Waals surface area contributed by atoms with Crippen molar-refractivity contribution in [3.8, 4) is 0 Å². The van der Waals surface area contributed by atoms with Gasteiger partial charge in [0.15, 0.2) is 0 Å². The van der Waals surface area contributed by atoms with Crippen LogP contribution in [0.3, 0.4) is 0 Å². The van der Waals surface area contributed by atoms with Crippen LogP contribution in [0, 0.1) is 20.8 Å². The predicted molar refractivity (Wildman–Crippen MR) is 97.8 cm³/mol. The van der Waals surface area contributed by atoms with Gasteiger partial charge in [0.25, 0.3) is 5.91 Å². The first kappa shape index (κ1) is 18.4. The monoisotopic (exact) mass is 368 g/mol. The Labute approximate surface area is 156 Å². The van der Waals surface area contributed by atoms with E-state index in [0.29, 0.717) is 5.76 Å². The van der Waals surface area contributed by atoms with Gasteiger partial charge in [0, 0.05) is 0 Å². The number of hydrogen-bond acceptors (Lipinski definition) is 5. The van der Waals surface area contributed by atoms with Crippen LogP contribution in [0.25, 0.3) is 6.08 Å². The average Bonchev–Trinajstić information content (AvgIpc) is 3.18. The Bertz CT molecular complexity index is 947. The second-order valence-corrected chi connectivity index (χ2v) is 6.45. The van der Waals surface area contributed by atoms with Gasteiger partial charge in [-0.25, -0.2) is 9.59 Å². The molecule has 1 aliphatic rings. The topological polar surface area (TPSA) is 88.9 Å². The quantitative estimate of drug-likeness (QED) is 0.509. The summed E-state index contributed by atoms with van der Waals surface area (Å²) in [7, 11) is 1.24. The molecule has 7 heteroatoms. The third-order valence-corrected chi connectivity index (χ3v) is 4.35. The van der Waals surface area contributed by atoms with Gasteiger partial charge in [-0.05, 0) is 55.7 Å². The number of nitrogens with zero attached hydrogens (tertiary/aromatic N) is 1. The van der Waals surface area contributed by atoms with Crippen molar-refractivity contribution in [3.63, 3.8) is 0 Å². The maximum absolute atomic E-state index is 12.7. The van der Waals surface area contributed by atoms with E-state index in [9.17, 15) is 14.4 Å². The Kier molecular flexibility index (Phi) is 4.85. The smallest absolute Gasteiger partial charge is 0.373 e. The lowest BCUT2D eigenvalue weighted by Gasteiger charge is -2.10. The number of rotatable bonds is 4. The van der Waals surface area contributed by atoms with E-state index in [1.54, 1.807) is 6.08 Å². The summed E-state index contributed by atoms with van der Waals surface area (Å²) in [6.45, 7) is 5.85. The first-order valence-electron chi connectivity index (χ1n) is 8.39. The fourth-order valence-corrected chi connectivity index (χ4v) is 3.11. The highest BCUT2D eigenvalue weighted by Crippen LogP contribution is 2.22. The van der Waals surface area contributed by atoms with E-state index in [1.807, 2.05) is 32.9 Å². The first-order valence-corrected chi connectivity index (χ1v) is 8.39. The molecule has 0 saturated carbocycles. The van der Waals surface area contributed by atoms with Gasteiger partial charge < -0.3 is 14.5 Å². The molecule has 0 aliphatic carbocycles. The maximum atomic E-state index is 12.7. The zero-order valence-corrected chi connectivity index (χ0v) is 15.6. The first-order chi connectivity index (χ1) is 12.8. The summed E-state index contributed by atoms with van der Waals surface area (Å²) < 4.78 is 9.91. The molecule has 1 aliphatic heterocycles. The van der Waals surface area contributed by atoms with Crippen LogP contribution in [0.5, 0.6) is 0 Å². The molecule has 7 nitrogen and oxygen atoms in total. The highest BCUT2D eigenvalue weighted by Gasteiger charge is 2.34. The summed E-state index contributed by atoms with van der Waals surface area (Å²) >= 11 is 0. The van der Waals surface area contributed by atoms with Crippen LogP contribution in [0.2, 0.25) is 0 Å². The van der Waals surface area contributed by atoms with E-state index >= 15 is 0 Å². The van der Waals surface area contributed by atoms with Crippen molar-refractivity contribution in [2.45, 2.75) is 27.3 Å². The lowest BCUT2D eigenvalue weighted by Crippen LogP contribution is -2.30. The molecule has 1 aromatic heterocycles. The van der Waals surface area contributed by atoms with Gasteiger partial charge in [-0.2, -0.15) is 0 Å². The number of imide groups is 1. The third-order valence-electron chi connectivity index (χ3n) is 4.35. The highest BCUT2D eigenvalue weighted by atomic mass is 16.5. The molecule has 27 heavy (non-hydrogen) atoms. The standard InChI is InChI=1S/C20H20N2O5/c1-11-7-12(2)15(13(3)8-11)9-16-18(23)22(20(25)21-16)10-14-5-6-17(27-14)19(24)26-4/h5-9H,10H2,1-4H3,(H,21,25)/b16-9-. The maximum Gasteiger partial charge on any atom is 0.373 e. The number of urea groups is 1. The minimum absolute atomic E-state index is 0.0150. The van der Waals surface area contributed by atoms with Gasteiger partial charge in [-0.1, -0.05) is 17.7 Å². The molecule has 1 saturated heterocycles. The average molecular weight is 368 g/mol. The lowest BCUT2D eigenvalue weighted by molar-refractivity contribution is -0.123. The minimum Gasteiger partial charge on any atom is -0.463 e. The Morgan fingerprint density at radius 1 is 1.19 bits per heavy atom. The van der Waals surface area contributed by atoms with E-state index < -0.39 is 17.9 Å². The number of aryl methyl sites for hydroxylation is 3. The number of hydrogen-bond donors (Lipinski definition) is 1. The van der Waals surface area contributed by atoms with Crippen LogP contribution >= 0.6 is 0 Å². The van der Waals surface area contributed by atoms with Gasteiger partial charge in [0.2, 0.25) is 5.76 Å². The summed E-state index contributed by atoms with van der Waals surface area (Å²) in [5.41, 5.74) is 4.28. The molecular weight excluding hydrogens is 348 g/mol. The summed E-state index contributed by atoms with van der Waals surface area (Å²) in [6, 6.07) is 6.48.